The quantitative estimate of drug-likeness (QED) is 0.566. The van der Waals surface area contributed by atoms with Gasteiger partial charge in [0.1, 0.15) is 0 Å². The number of hydrogen-bond donors (Lipinski definition) is 2. The van der Waals surface area contributed by atoms with Crippen molar-refractivity contribution in [2.75, 3.05) is 13.1 Å². The first kappa shape index (κ1) is 9.45. The molecule has 0 aliphatic carbocycles. The standard InChI is InChI=1S/C9H15N3O2/c1-6-2-3-7(4-10-6)12-8(13)5-11-9(12)14/h6-7,10H,2-5H2,1H3,(H,11,14). The molecule has 0 radical (unpaired) electrons. The maximum atomic E-state index is 11.4. The topological polar surface area (TPSA) is 61.4 Å². The summed E-state index contributed by atoms with van der Waals surface area (Å²) in [4.78, 5) is 24.1. The zero-order chi connectivity index (χ0) is 10.1. The third-order valence-corrected chi connectivity index (χ3v) is 2.88. The molecule has 0 aromatic heterocycles. The van der Waals surface area contributed by atoms with E-state index < -0.39 is 0 Å². The number of carbonyl (C=O) groups is 2. The molecule has 2 N–H and O–H groups in total. The van der Waals surface area contributed by atoms with Crippen LogP contribution in [0.3, 0.4) is 0 Å². The van der Waals surface area contributed by atoms with Crippen LogP contribution in [0.5, 0.6) is 0 Å². The number of urea groups is 1. The maximum absolute atomic E-state index is 11.4. The molecule has 0 spiro atoms. The summed E-state index contributed by atoms with van der Waals surface area (Å²) in [5, 5.41) is 5.81. The molecule has 78 valence electrons. The Labute approximate surface area is 82.8 Å². The van der Waals surface area contributed by atoms with Gasteiger partial charge in [0.25, 0.3) is 0 Å². The first-order chi connectivity index (χ1) is 6.68. The van der Waals surface area contributed by atoms with Crippen molar-refractivity contribution in [2.45, 2.75) is 31.8 Å². The van der Waals surface area contributed by atoms with Crippen LogP contribution in [-0.4, -0.2) is 42.0 Å². The monoisotopic (exact) mass is 197 g/mol. The van der Waals surface area contributed by atoms with Gasteiger partial charge in [-0.3, -0.25) is 9.69 Å². The Balaban J connectivity index is 2.00. The fourth-order valence-electron chi connectivity index (χ4n) is 2.01. The second kappa shape index (κ2) is 3.57. The van der Waals surface area contributed by atoms with E-state index in [-0.39, 0.29) is 24.5 Å². The highest BCUT2D eigenvalue weighted by Crippen LogP contribution is 2.16. The van der Waals surface area contributed by atoms with Gasteiger partial charge in [-0.05, 0) is 19.8 Å². The molecule has 5 heteroatoms. The molecule has 2 unspecified atom stereocenters. The van der Waals surface area contributed by atoms with Crippen LogP contribution in [-0.2, 0) is 4.79 Å². The van der Waals surface area contributed by atoms with Gasteiger partial charge in [-0.2, -0.15) is 0 Å². The third-order valence-electron chi connectivity index (χ3n) is 2.88. The highest BCUT2D eigenvalue weighted by molar-refractivity contribution is 6.02. The molecular weight excluding hydrogens is 182 g/mol. The molecule has 2 aliphatic heterocycles. The second-order valence-corrected chi connectivity index (χ2v) is 3.96. The smallest absolute Gasteiger partial charge is 0.324 e. The molecule has 5 nitrogen and oxygen atoms in total. The highest BCUT2D eigenvalue weighted by atomic mass is 16.2. The Morgan fingerprint density at radius 2 is 2.14 bits per heavy atom. The Bertz CT molecular complexity index is 243. The van der Waals surface area contributed by atoms with Crippen molar-refractivity contribution in [1.29, 1.82) is 0 Å². The fourth-order valence-corrected chi connectivity index (χ4v) is 2.01. The van der Waals surface area contributed by atoms with Crippen molar-refractivity contribution in [2.24, 2.45) is 0 Å². The van der Waals surface area contributed by atoms with Gasteiger partial charge in [0, 0.05) is 12.6 Å². The van der Waals surface area contributed by atoms with Crippen LogP contribution in [0.25, 0.3) is 0 Å². The lowest BCUT2D eigenvalue weighted by Crippen LogP contribution is -2.51. The summed E-state index contributed by atoms with van der Waals surface area (Å²) in [5.74, 6) is -0.101. The molecule has 0 aromatic carbocycles. The van der Waals surface area contributed by atoms with Gasteiger partial charge in [-0.25, -0.2) is 4.79 Å². The van der Waals surface area contributed by atoms with E-state index >= 15 is 0 Å². The molecule has 2 atom stereocenters. The van der Waals surface area contributed by atoms with Crippen LogP contribution >= 0.6 is 0 Å². The van der Waals surface area contributed by atoms with Gasteiger partial charge in [-0.1, -0.05) is 0 Å². The van der Waals surface area contributed by atoms with Crippen molar-refractivity contribution in [3.05, 3.63) is 0 Å². The zero-order valence-corrected chi connectivity index (χ0v) is 8.25. The normalized spacial score (nSPS) is 33.4. The predicted molar refractivity (Wildman–Crippen MR) is 50.7 cm³/mol. The summed E-state index contributed by atoms with van der Waals surface area (Å²) in [6, 6.07) is 0.296. The number of rotatable bonds is 1. The van der Waals surface area contributed by atoms with E-state index in [0.717, 1.165) is 19.4 Å². The van der Waals surface area contributed by atoms with E-state index in [1.54, 1.807) is 0 Å². The molecule has 3 amide bonds. The number of nitrogens with zero attached hydrogens (tertiary/aromatic N) is 1. The number of nitrogens with one attached hydrogen (secondary N) is 2. The van der Waals surface area contributed by atoms with E-state index in [9.17, 15) is 9.59 Å². The average molecular weight is 197 g/mol. The van der Waals surface area contributed by atoms with E-state index in [4.69, 9.17) is 0 Å². The lowest BCUT2D eigenvalue weighted by molar-refractivity contribution is -0.126. The van der Waals surface area contributed by atoms with Gasteiger partial charge in [-0.15, -0.1) is 0 Å². The molecule has 2 rings (SSSR count). The Morgan fingerprint density at radius 3 is 2.64 bits per heavy atom. The summed E-state index contributed by atoms with van der Waals surface area (Å²) in [6.45, 7) is 2.99. The van der Waals surface area contributed by atoms with E-state index in [2.05, 4.69) is 17.6 Å². The van der Waals surface area contributed by atoms with Crippen molar-refractivity contribution < 1.29 is 9.59 Å². The summed E-state index contributed by atoms with van der Waals surface area (Å²) in [5.41, 5.74) is 0. The SMILES string of the molecule is CC1CCC(N2C(=O)CNC2=O)CN1. The van der Waals surface area contributed by atoms with Crippen molar-refractivity contribution in [1.82, 2.24) is 15.5 Å². The Hall–Kier alpha value is -1.10. The van der Waals surface area contributed by atoms with Gasteiger partial charge in [0.15, 0.2) is 0 Å². The molecule has 0 aromatic rings. The van der Waals surface area contributed by atoms with Crippen LogP contribution in [0.15, 0.2) is 0 Å². The highest BCUT2D eigenvalue weighted by Gasteiger charge is 2.36. The van der Waals surface area contributed by atoms with E-state index in [1.807, 2.05) is 0 Å². The number of carbonyl (C=O) groups excluding carboxylic acids is 2. The van der Waals surface area contributed by atoms with Crippen LogP contribution in [0.2, 0.25) is 0 Å². The summed E-state index contributed by atoms with van der Waals surface area (Å²) < 4.78 is 0. The predicted octanol–water partition coefficient (Wildman–Crippen LogP) is -0.321. The molecule has 2 aliphatic rings. The van der Waals surface area contributed by atoms with Crippen molar-refractivity contribution in [3.63, 3.8) is 0 Å². The van der Waals surface area contributed by atoms with Gasteiger partial charge in [0.05, 0.1) is 12.6 Å². The average Bonchev–Trinajstić information content (AvgIpc) is 2.49. The van der Waals surface area contributed by atoms with Crippen molar-refractivity contribution in [3.8, 4) is 0 Å². The summed E-state index contributed by atoms with van der Waals surface area (Å²) in [6.07, 6.45) is 1.93. The number of hydrogen-bond acceptors (Lipinski definition) is 3. The summed E-state index contributed by atoms with van der Waals surface area (Å²) in [7, 11) is 0. The van der Waals surface area contributed by atoms with Crippen LogP contribution in [0, 0.1) is 0 Å². The van der Waals surface area contributed by atoms with E-state index in [1.165, 1.54) is 4.90 Å². The minimum Gasteiger partial charge on any atom is -0.329 e. The van der Waals surface area contributed by atoms with Crippen LogP contribution in [0.4, 0.5) is 4.79 Å². The Kier molecular flexibility index (Phi) is 2.41. The Morgan fingerprint density at radius 1 is 1.36 bits per heavy atom. The minimum atomic E-state index is -0.239. The molecule has 0 bridgehead atoms. The second-order valence-electron chi connectivity index (χ2n) is 3.96. The minimum absolute atomic E-state index is 0.0428. The molecule has 2 fully saturated rings. The number of amides is 3. The van der Waals surface area contributed by atoms with E-state index in [0.29, 0.717) is 6.04 Å². The molecule has 14 heavy (non-hydrogen) atoms. The van der Waals surface area contributed by atoms with Gasteiger partial charge >= 0.3 is 6.03 Å². The lowest BCUT2D eigenvalue weighted by Gasteiger charge is -2.32. The van der Waals surface area contributed by atoms with Crippen LogP contribution < -0.4 is 10.6 Å². The number of imide groups is 1. The fraction of sp³-hybridized carbons (Fsp3) is 0.778. The number of piperidine rings is 1. The van der Waals surface area contributed by atoms with Gasteiger partial charge in [0.2, 0.25) is 5.91 Å². The van der Waals surface area contributed by atoms with Crippen LogP contribution in [0.1, 0.15) is 19.8 Å². The summed E-state index contributed by atoms with van der Waals surface area (Å²) >= 11 is 0. The molecular formula is C9H15N3O2. The molecule has 2 saturated heterocycles. The molecule has 0 saturated carbocycles. The largest absolute Gasteiger partial charge is 0.329 e. The third kappa shape index (κ3) is 1.59. The first-order valence-corrected chi connectivity index (χ1v) is 5.02. The maximum Gasteiger partial charge on any atom is 0.324 e. The van der Waals surface area contributed by atoms with Gasteiger partial charge < -0.3 is 10.6 Å². The zero-order valence-electron chi connectivity index (χ0n) is 8.25. The lowest BCUT2D eigenvalue weighted by atomic mass is 10.0. The van der Waals surface area contributed by atoms with Crippen molar-refractivity contribution >= 4 is 11.9 Å². The molecule has 2 heterocycles. The first-order valence-electron chi connectivity index (χ1n) is 5.02.